The van der Waals surface area contributed by atoms with E-state index in [1.807, 2.05) is 73.7 Å². The van der Waals surface area contributed by atoms with Gasteiger partial charge in [0.1, 0.15) is 23.9 Å². The quantitative estimate of drug-likeness (QED) is 0.579. The van der Waals surface area contributed by atoms with Gasteiger partial charge >= 0.3 is 0 Å². The van der Waals surface area contributed by atoms with Crippen LogP contribution in [0, 0.1) is 0 Å². The first-order valence-electron chi connectivity index (χ1n) is 9.54. The Kier molecular flexibility index (Phi) is 7.11. The second-order valence-corrected chi connectivity index (χ2v) is 6.39. The van der Waals surface area contributed by atoms with Crippen molar-refractivity contribution in [2.75, 3.05) is 13.7 Å². The van der Waals surface area contributed by atoms with E-state index in [0.29, 0.717) is 25.3 Å². The third kappa shape index (κ3) is 5.75. The first-order chi connectivity index (χ1) is 14.2. The molecule has 0 aliphatic heterocycles. The van der Waals surface area contributed by atoms with Gasteiger partial charge in [-0.3, -0.25) is 4.79 Å². The van der Waals surface area contributed by atoms with Gasteiger partial charge in [-0.1, -0.05) is 30.3 Å². The Balaban J connectivity index is 1.68. The predicted octanol–water partition coefficient (Wildman–Crippen LogP) is 4.60. The van der Waals surface area contributed by atoms with Crippen LogP contribution in [0.1, 0.15) is 28.4 Å². The molecule has 0 spiro atoms. The maximum atomic E-state index is 12.6. The molecule has 5 nitrogen and oxygen atoms in total. The van der Waals surface area contributed by atoms with Crippen LogP contribution in [0.3, 0.4) is 0 Å². The number of hydrogen-bond acceptors (Lipinski definition) is 4. The summed E-state index contributed by atoms with van der Waals surface area (Å²) in [4.78, 5) is 12.6. The molecule has 0 saturated heterocycles. The Morgan fingerprint density at radius 1 is 0.897 bits per heavy atom. The van der Waals surface area contributed by atoms with Crippen molar-refractivity contribution in [2.24, 2.45) is 0 Å². The van der Waals surface area contributed by atoms with Crippen LogP contribution in [-0.4, -0.2) is 19.6 Å². The number of hydrogen-bond donors (Lipinski definition) is 1. The monoisotopic (exact) mass is 391 g/mol. The number of nitrogens with one attached hydrogen (secondary N) is 1. The summed E-state index contributed by atoms with van der Waals surface area (Å²) < 4.78 is 16.7. The van der Waals surface area contributed by atoms with Crippen LogP contribution in [0.15, 0.2) is 72.8 Å². The highest BCUT2D eigenvalue weighted by Gasteiger charge is 2.11. The van der Waals surface area contributed by atoms with E-state index in [0.717, 1.165) is 28.4 Å². The predicted molar refractivity (Wildman–Crippen MR) is 113 cm³/mol. The zero-order valence-corrected chi connectivity index (χ0v) is 16.7. The molecule has 5 heteroatoms. The fraction of sp³-hybridized carbons (Fsp3) is 0.208. The molecule has 0 heterocycles. The van der Waals surface area contributed by atoms with Crippen LogP contribution >= 0.6 is 0 Å². The largest absolute Gasteiger partial charge is 0.497 e. The normalized spacial score (nSPS) is 10.3. The van der Waals surface area contributed by atoms with Gasteiger partial charge in [-0.25, -0.2) is 0 Å². The lowest BCUT2D eigenvalue weighted by Crippen LogP contribution is -2.23. The molecule has 0 unspecified atom stereocenters. The molecule has 0 aliphatic rings. The van der Waals surface area contributed by atoms with Crippen molar-refractivity contribution in [3.8, 4) is 17.2 Å². The van der Waals surface area contributed by atoms with Crippen LogP contribution in [0.5, 0.6) is 17.2 Å². The minimum atomic E-state index is -0.148. The molecule has 0 fully saturated rings. The summed E-state index contributed by atoms with van der Waals surface area (Å²) >= 11 is 0. The molecule has 3 rings (SSSR count). The first kappa shape index (κ1) is 20.3. The minimum absolute atomic E-state index is 0.148. The molecule has 0 bridgehead atoms. The molecular formula is C24H25NO4. The van der Waals surface area contributed by atoms with E-state index in [2.05, 4.69) is 5.32 Å². The van der Waals surface area contributed by atoms with E-state index in [1.54, 1.807) is 13.2 Å². The third-order valence-electron chi connectivity index (χ3n) is 4.37. The highest BCUT2D eigenvalue weighted by molar-refractivity contribution is 5.94. The van der Waals surface area contributed by atoms with Crippen molar-refractivity contribution in [3.05, 3.63) is 89.5 Å². The van der Waals surface area contributed by atoms with Crippen LogP contribution in [0.25, 0.3) is 0 Å². The van der Waals surface area contributed by atoms with Gasteiger partial charge in [0.15, 0.2) is 0 Å². The molecule has 3 aromatic rings. The fourth-order valence-corrected chi connectivity index (χ4v) is 2.84. The first-order valence-corrected chi connectivity index (χ1v) is 9.54. The van der Waals surface area contributed by atoms with Crippen molar-refractivity contribution in [3.63, 3.8) is 0 Å². The Hall–Kier alpha value is -3.47. The van der Waals surface area contributed by atoms with Gasteiger partial charge in [-0.05, 0) is 55.0 Å². The van der Waals surface area contributed by atoms with Crippen molar-refractivity contribution < 1.29 is 19.0 Å². The van der Waals surface area contributed by atoms with Crippen LogP contribution in [-0.2, 0) is 13.2 Å². The standard InChI is InChI=1S/C24H25NO4/c1-3-28-23-14-11-19(15-20(23)17-29-22-7-5-4-6-8-22)24(26)25-16-18-9-12-21(27-2)13-10-18/h4-15H,3,16-17H2,1-2H3,(H,25,26). The van der Waals surface area contributed by atoms with E-state index < -0.39 is 0 Å². The fourth-order valence-electron chi connectivity index (χ4n) is 2.84. The Morgan fingerprint density at radius 3 is 2.34 bits per heavy atom. The van der Waals surface area contributed by atoms with E-state index in [9.17, 15) is 4.79 Å². The average molecular weight is 391 g/mol. The SMILES string of the molecule is CCOc1ccc(C(=O)NCc2ccc(OC)cc2)cc1COc1ccccc1. The number of carbonyl (C=O) groups is 1. The average Bonchev–Trinajstić information content (AvgIpc) is 2.78. The molecule has 29 heavy (non-hydrogen) atoms. The van der Waals surface area contributed by atoms with Crippen molar-refractivity contribution in [2.45, 2.75) is 20.1 Å². The molecule has 0 saturated carbocycles. The van der Waals surface area contributed by atoms with Gasteiger partial charge in [-0.2, -0.15) is 0 Å². The van der Waals surface area contributed by atoms with Gasteiger partial charge in [0.2, 0.25) is 0 Å². The Morgan fingerprint density at radius 2 is 1.66 bits per heavy atom. The molecule has 1 amide bonds. The summed E-state index contributed by atoms with van der Waals surface area (Å²) in [6.07, 6.45) is 0. The third-order valence-corrected chi connectivity index (χ3v) is 4.37. The molecular weight excluding hydrogens is 366 g/mol. The maximum Gasteiger partial charge on any atom is 0.251 e. The van der Waals surface area contributed by atoms with E-state index in [1.165, 1.54) is 0 Å². The van der Waals surface area contributed by atoms with Crippen molar-refractivity contribution in [1.29, 1.82) is 0 Å². The number of methoxy groups -OCH3 is 1. The van der Waals surface area contributed by atoms with Crippen LogP contribution < -0.4 is 19.5 Å². The topological polar surface area (TPSA) is 56.8 Å². The molecule has 0 aliphatic carbocycles. The number of benzene rings is 3. The summed E-state index contributed by atoms with van der Waals surface area (Å²) in [5, 5.41) is 2.94. The lowest BCUT2D eigenvalue weighted by molar-refractivity contribution is 0.0950. The van der Waals surface area contributed by atoms with E-state index >= 15 is 0 Å². The van der Waals surface area contributed by atoms with Gasteiger partial charge in [0, 0.05) is 17.7 Å². The Bertz CT molecular complexity index is 923. The van der Waals surface area contributed by atoms with Crippen molar-refractivity contribution in [1.82, 2.24) is 5.32 Å². The summed E-state index contributed by atoms with van der Waals surface area (Å²) in [5.41, 5.74) is 2.39. The smallest absolute Gasteiger partial charge is 0.251 e. The summed E-state index contributed by atoms with van der Waals surface area (Å²) in [5.74, 6) is 2.12. The highest BCUT2D eigenvalue weighted by Crippen LogP contribution is 2.23. The maximum absolute atomic E-state index is 12.6. The molecule has 0 aromatic heterocycles. The summed E-state index contributed by atoms with van der Waals surface area (Å²) in [6.45, 7) is 3.23. The number of rotatable bonds is 9. The number of carbonyl (C=O) groups excluding carboxylic acids is 1. The van der Waals surface area contributed by atoms with E-state index in [-0.39, 0.29) is 5.91 Å². The highest BCUT2D eigenvalue weighted by atomic mass is 16.5. The molecule has 0 radical (unpaired) electrons. The minimum Gasteiger partial charge on any atom is -0.497 e. The van der Waals surface area contributed by atoms with Gasteiger partial charge in [-0.15, -0.1) is 0 Å². The number of amides is 1. The summed E-state index contributed by atoms with van der Waals surface area (Å²) in [7, 11) is 1.63. The van der Waals surface area contributed by atoms with Gasteiger partial charge in [0.05, 0.1) is 13.7 Å². The van der Waals surface area contributed by atoms with Gasteiger partial charge in [0.25, 0.3) is 5.91 Å². The van der Waals surface area contributed by atoms with Crippen LogP contribution in [0.4, 0.5) is 0 Å². The number of ether oxygens (including phenoxy) is 3. The zero-order valence-electron chi connectivity index (χ0n) is 16.7. The molecule has 150 valence electrons. The summed E-state index contributed by atoms with van der Waals surface area (Å²) in [6, 6.07) is 22.6. The molecule has 3 aromatic carbocycles. The second kappa shape index (κ2) is 10.2. The number of para-hydroxylation sites is 1. The lowest BCUT2D eigenvalue weighted by atomic mass is 10.1. The van der Waals surface area contributed by atoms with E-state index in [4.69, 9.17) is 14.2 Å². The zero-order chi connectivity index (χ0) is 20.5. The molecule has 0 atom stereocenters. The lowest BCUT2D eigenvalue weighted by Gasteiger charge is -2.13. The second-order valence-electron chi connectivity index (χ2n) is 6.39. The van der Waals surface area contributed by atoms with Gasteiger partial charge < -0.3 is 19.5 Å². The van der Waals surface area contributed by atoms with Crippen LogP contribution in [0.2, 0.25) is 0 Å². The molecule has 1 N–H and O–H groups in total. The van der Waals surface area contributed by atoms with Crippen molar-refractivity contribution >= 4 is 5.91 Å². The Labute approximate surface area is 171 Å².